The second kappa shape index (κ2) is 9.44. The molecular formula is C24H26N8O2. The summed E-state index contributed by atoms with van der Waals surface area (Å²) >= 11 is 0. The molecule has 10 nitrogen and oxygen atoms in total. The van der Waals surface area contributed by atoms with Gasteiger partial charge < -0.3 is 10.5 Å². The van der Waals surface area contributed by atoms with E-state index in [4.69, 9.17) is 10.7 Å². The molecule has 1 saturated heterocycles. The normalized spacial score (nSPS) is 14.9. The van der Waals surface area contributed by atoms with E-state index in [-0.39, 0.29) is 6.04 Å². The van der Waals surface area contributed by atoms with E-state index in [9.17, 15) is 4.79 Å². The van der Waals surface area contributed by atoms with E-state index in [1.54, 1.807) is 24.5 Å². The summed E-state index contributed by atoms with van der Waals surface area (Å²) in [7, 11) is 1.32. The Balaban J connectivity index is 1.34. The number of hydrogen-bond donors (Lipinski definition) is 2. The van der Waals surface area contributed by atoms with Crippen LogP contribution in [-0.4, -0.2) is 55.9 Å². The van der Waals surface area contributed by atoms with Gasteiger partial charge in [0.15, 0.2) is 11.5 Å². The minimum absolute atomic E-state index is 0.247. The summed E-state index contributed by atoms with van der Waals surface area (Å²) in [6, 6.07) is 11.5. The number of nitrogens with two attached hydrogens (primary N) is 1. The summed E-state index contributed by atoms with van der Waals surface area (Å²) in [6.45, 7) is 2.85. The van der Waals surface area contributed by atoms with E-state index in [2.05, 4.69) is 36.1 Å². The molecule has 1 aromatic carbocycles. The van der Waals surface area contributed by atoms with Crippen LogP contribution >= 0.6 is 0 Å². The van der Waals surface area contributed by atoms with Crippen LogP contribution < -0.4 is 11.1 Å². The first-order valence-corrected chi connectivity index (χ1v) is 11.2. The smallest absolute Gasteiger partial charge is 0.411 e. The maximum atomic E-state index is 11.4. The highest BCUT2D eigenvalue weighted by Gasteiger charge is 2.24. The number of pyridine rings is 1. The lowest BCUT2D eigenvalue weighted by Crippen LogP contribution is -2.34. The third-order valence-corrected chi connectivity index (χ3v) is 6.09. The van der Waals surface area contributed by atoms with Crippen LogP contribution in [0.4, 0.5) is 16.3 Å². The molecule has 3 aromatic heterocycles. The standard InChI is InChI=1S/C24H26N8O2/c1-34-24(33)28-18-6-4-17(5-7-18)22-29-21(25)20-14-27-32(23(20)30-22)19-8-11-31(12-9-19)15-16-3-2-10-26-13-16/h2-7,10,13-14,19H,8-9,11-12,15H2,1H3,(H,28,33)(H2,25,29,30). The Morgan fingerprint density at radius 2 is 1.94 bits per heavy atom. The molecule has 0 unspecified atom stereocenters. The zero-order valence-electron chi connectivity index (χ0n) is 18.9. The maximum absolute atomic E-state index is 11.4. The highest BCUT2D eigenvalue weighted by Crippen LogP contribution is 2.29. The number of carbonyl (C=O) groups excluding carboxylic acids is 1. The van der Waals surface area contributed by atoms with Gasteiger partial charge in [0.1, 0.15) is 5.82 Å². The van der Waals surface area contributed by atoms with Crippen LogP contribution in [0.2, 0.25) is 0 Å². The van der Waals surface area contributed by atoms with Crippen molar-refractivity contribution in [3.8, 4) is 11.4 Å². The molecule has 34 heavy (non-hydrogen) atoms. The minimum atomic E-state index is -0.523. The van der Waals surface area contributed by atoms with Crippen molar-refractivity contribution >= 4 is 28.6 Å². The number of nitrogens with zero attached hydrogens (tertiary/aromatic N) is 6. The van der Waals surface area contributed by atoms with Crippen LogP contribution in [0, 0.1) is 0 Å². The quantitative estimate of drug-likeness (QED) is 0.466. The summed E-state index contributed by atoms with van der Waals surface area (Å²) in [5.41, 5.74) is 9.65. The predicted octanol–water partition coefficient (Wildman–Crippen LogP) is 3.49. The molecule has 1 aliphatic rings. The van der Waals surface area contributed by atoms with Gasteiger partial charge in [-0.2, -0.15) is 5.10 Å². The minimum Gasteiger partial charge on any atom is -0.453 e. The first-order chi connectivity index (χ1) is 16.6. The number of hydrogen-bond acceptors (Lipinski definition) is 8. The second-order valence-electron chi connectivity index (χ2n) is 8.32. The van der Waals surface area contributed by atoms with Crippen LogP contribution in [0.5, 0.6) is 0 Å². The Kier molecular flexibility index (Phi) is 6.05. The molecule has 4 heterocycles. The highest BCUT2D eigenvalue weighted by atomic mass is 16.5. The molecule has 0 aliphatic carbocycles. The number of nitrogen functional groups attached to an aromatic ring is 1. The van der Waals surface area contributed by atoms with Gasteiger partial charge in [-0.25, -0.2) is 19.4 Å². The highest BCUT2D eigenvalue weighted by molar-refractivity contribution is 5.87. The molecule has 0 saturated carbocycles. The first-order valence-electron chi connectivity index (χ1n) is 11.2. The van der Waals surface area contributed by atoms with Crippen LogP contribution in [-0.2, 0) is 11.3 Å². The number of ether oxygens (including phenoxy) is 1. The fourth-order valence-corrected chi connectivity index (χ4v) is 4.29. The Bertz CT molecular complexity index is 1280. The third kappa shape index (κ3) is 4.53. The number of fused-ring (bicyclic) bond motifs is 1. The Morgan fingerprint density at radius 3 is 2.65 bits per heavy atom. The SMILES string of the molecule is COC(=O)Nc1ccc(-c2nc(N)c3cnn(C4CCN(Cc5cccnc5)CC4)c3n2)cc1. The number of piperidine rings is 1. The zero-order chi connectivity index (χ0) is 23.5. The van der Waals surface area contributed by atoms with Crippen molar-refractivity contribution in [2.45, 2.75) is 25.4 Å². The van der Waals surface area contributed by atoms with Crippen molar-refractivity contribution in [1.29, 1.82) is 0 Å². The Morgan fingerprint density at radius 1 is 1.15 bits per heavy atom. The van der Waals surface area contributed by atoms with Gasteiger partial charge in [0.2, 0.25) is 0 Å². The third-order valence-electron chi connectivity index (χ3n) is 6.09. The molecule has 0 spiro atoms. The Labute approximate surface area is 196 Å². The average molecular weight is 459 g/mol. The summed E-state index contributed by atoms with van der Waals surface area (Å²) in [6.07, 6.45) is 6.90. The largest absolute Gasteiger partial charge is 0.453 e. The van der Waals surface area contributed by atoms with Crippen molar-refractivity contribution in [3.63, 3.8) is 0 Å². The molecule has 3 N–H and O–H groups in total. The molecular weight excluding hydrogens is 432 g/mol. The molecule has 1 aliphatic heterocycles. The van der Waals surface area contributed by atoms with Crippen molar-refractivity contribution < 1.29 is 9.53 Å². The number of likely N-dealkylation sites (tertiary alicyclic amines) is 1. The van der Waals surface area contributed by atoms with Crippen LogP contribution in [0.1, 0.15) is 24.4 Å². The number of anilines is 2. The van der Waals surface area contributed by atoms with Gasteiger partial charge in [0.25, 0.3) is 0 Å². The fraction of sp³-hybridized carbons (Fsp3) is 0.292. The lowest BCUT2D eigenvalue weighted by molar-refractivity contribution is 0.175. The molecule has 10 heteroatoms. The van der Waals surface area contributed by atoms with Crippen LogP contribution in [0.3, 0.4) is 0 Å². The second-order valence-corrected chi connectivity index (χ2v) is 8.32. The van der Waals surface area contributed by atoms with Gasteiger partial charge in [0, 0.05) is 43.3 Å². The van der Waals surface area contributed by atoms with Gasteiger partial charge in [-0.1, -0.05) is 6.07 Å². The summed E-state index contributed by atoms with van der Waals surface area (Å²) in [5, 5.41) is 8.01. The van der Waals surface area contributed by atoms with Gasteiger partial charge in [-0.05, 0) is 48.7 Å². The van der Waals surface area contributed by atoms with Crippen LogP contribution in [0.15, 0.2) is 55.0 Å². The molecule has 1 fully saturated rings. The molecule has 4 aromatic rings. The number of carbonyl (C=O) groups is 1. The Hall–Kier alpha value is -4.05. The van der Waals surface area contributed by atoms with E-state index in [0.717, 1.165) is 49.1 Å². The van der Waals surface area contributed by atoms with E-state index in [0.29, 0.717) is 17.3 Å². The molecule has 1 amide bonds. The monoisotopic (exact) mass is 458 g/mol. The van der Waals surface area contributed by atoms with Gasteiger partial charge >= 0.3 is 6.09 Å². The maximum Gasteiger partial charge on any atom is 0.411 e. The van der Waals surface area contributed by atoms with E-state index >= 15 is 0 Å². The van der Waals surface area contributed by atoms with Crippen molar-refractivity contribution in [2.75, 3.05) is 31.2 Å². The van der Waals surface area contributed by atoms with E-state index in [1.807, 2.05) is 29.1 Å². The molecule has 5 rings (SSSR count). The van der Waals surface area contributed by atoms with Gasteiger partial charge in [-0.3, -0.25) is 15.2 Å². The number of amides is 1. The number of rotatable bonds is 5. The summed E-state index contributed by atoms with van der Waals surface area (Å²) in [4.78, 5) is 27.4. The van der Waals surface area contributed by atoms with E-state index in [1.165, 1.54) is 12.7 Å². The zero-order valence-corrected chi connectivity index (χ0v) is 18.9. The fourth-order valence-electron chi connectivity index (χ4n) is 4.29. The number of benzene rings is 1. The number of aromatic nitrogens is 5. The average Bonchev–Trinajstić information content (AvgIpc) is 3.30. The summed E-state index contributed by atoms with van der Waals surface area (Å²) in [5.74, 6) is 0.919. The predicted molar refractivity (Wildman–Crippen MR) is 129 cm³/mol. The van der Waals surface area contributed by atoms with Crippen molar-refractivity contribution in [1.82, 2.24) is 29.6 Å². The van der Waals surface area contributed by atoms with Gasteiger partial charge in [0.05, 0.1) is 24.7 Å². The van der Waals surface area contributed by atoms with E-state index < -0.39 is 6.09 Å². The molecule has 174 valence electrons. The molecule has 0 bridgehead atoms. The van der Waals surface area contributed by atoms with Crippen molar-refractivity contribution in [2.24, 2.45) is 0 Å². The lowest BCUT2D eigenvalue weighted by atomic mass is 10.0. The number of nitrogens with one attached hydrogen (secondary N) is 1. The van der Waals surface area contributed by atoms with Crippen LogP contribution in [0.25, 0.3) is 22.4 Å². The molecule has 0 radical (unpaired) electrons. The topological polar surface area (TPSA) is 124 Å². The lowest BCUT2D eigenvalue weighted by Gasteiger charge is -2.32. The van der Waals surface area contributed by atoms with Gasteiger partial charge in [-0.15, -0.1) is 0 Å². The molecule has 0 atom stereocenters. The van der Waals surface area contributed by atoms with Crippen molar-refractivity contribution in [3.05, 3.63) is 60.6 Å². The number of methoxy groups -OCH3 is 1. The first kappa shape index (κ1) is 21.8. The summed E-state index contributed by atoms with van der Waals surface area (Å²) < 4.78 is 6.62.